The lowest BCUT2D eigenvalue weighted by Gasteiger charge is -2.17. The summed E-state index contributed by atoms with van der Waals surface area (Å²) in [6.07, 6.45) is 3.69. The lowest BCUT2D eigenvalue weighted by Crippen LogP contribution is -1.98. The highest BCUT2D eigenvalue weighted by molar-refractivity contribution is 6.02. The number of hydrogen-bond acceptors (Lipinski definition) is 3. The average Bonchev–Trinajstić information content (AvgIpc) is 3.89. The molecule has 0 aliphatic heterocycles. The molecule has 0 N–H and O–H groups in total. The van der Waals surface area contributed by atoms with E-state index in [1.165, 1.54) is 22.3 Å². The molecule has 0 bridgehead atoms. The highest BCUT2D eigenvalue weighted by Gasteiger charge is 2.21. The lowest BCUT2D eigenvalue weighted by molar-refractivity contribution is 0.766. The molecule has 324 valence electrons. The van der Waals surface area contributed by atoms with Crippen molar-refractivity contribution < 1.29 is 0 Å². The summed E-state index contributed by atoms with van der Waals surface area (Å²) in [5.74, 6) is 0. The van der Waals surface area contributed by atoms with Gasteiger partial charge in [0, 0.05) is 23.5 Å². The predicted octanol–water partition coefficient (Wildman–Crippen LogP) is 16.8. The Labute approximate surface area is 402 Å². The molecule has 2 aromatic heterocycles. The largest absolute Gasteiger partial charge is 0.264 e. The van der Waals surface area contributed by atoms with Crippen LogP contribution in [0.2, 0.25) is 0 Å². The second-order valence-electron chi connectivity index (χ2n) is 17.3. The number of pyridine rings is 1. The zero-order valence-electron chi connectivity index (χ0n) is 37.7. The summed E-state index contributed by atoms with van der Waals surface area (Å²) in [4.78, 5) is 6.18. The van der Waals surface area contributed by atoms with E-state index in [-0.39, 0.29) is 0 Å². The Balaban J connectivity index is 1.08. The highest BCUT2D eigenvalue weighted by Crippen LogP contribution is 2.44. The van der Waals surface area contributed by atoms with Crippen molar-refractivity contribution in [1.82, 2.24) is 20.0 Å². The monoisotopic (exact) mass is 880 g/mol. The quantitative estimate of drug-likeness (QED) is 0.137. The number of hydrogen-bond donors (Lipinski definition) is 0. The van der Waals surface area contributed by atoms with E-state index in [1.54, 1.807) is 11.0 Å². The van der Waals surface area contributed by atoms with Gasteiger partial charge in [-0.1, -0.05) is 212 Å². The summed E-state index contributed by atoms with van der Waals surface area (Å²) < 4.78 is 0. The van der Waals surface area contributed by atoms with Gasteiger partial charge in [0.25, 0.3) is 0 Å². The SMILES string of the molecule is c1ccc(-c2ccc(-c3ccc(-c4ccccc4)c(-c4cc(-c5cc(-c6ccc(-c7ccccc7)cc6)ccc5-c5ccccc5)c5nn(-c6cccc(-c7cccnc7)c6)nc5c4)c3)cc2)cc1. The summed E-state index contributed by atoms with van der Waals surface area (Å²) in [6, 6.07) is 90.9. The highest BCUT2D eigenvalue weighted by atomic mass is 15.5. The molecule has 0 aliphatic carbocycles. The molecule has 12 rings (SSSR count). The molecule has 4 nitrogen and oxygen atoms in total. The van der Waals surface area contributed by atoms with Crippen LogP contribution in [0.5, 0.6) is 0 Å². The first-order valence-corrected chi connectivity index (χ1v) is 23.3. The van der Waals surface area contributed by atoms with Crippen molar-refractivity contribution in [3.8, 4) is 106 Å². The van der Waals surface area contributed by atoms with E-state index in [9.17, 15) is 0 Å². The maximum atomic E-state index is 5.38. The number of nitrogens with zero attached hydrogens (tertiary/aromatic N) is 4. The Kier molecular flexibility index (Phi) is 10.9. The maximum absolute atomic E-state index is 5.38. The topological polar surface area (TPSA) is 43.6 Å². The molecular weight excluding hydrogens is 837 g/mol. The van der Waals surface area contributed by atoms with Gasteiger partial charge in [-0.2, -0.15) is 4.80 Å². The van der Waals surface area contributed by atoms with Crippen LogP contribution >= 0.6 is 0 Å². The first kappa shape index (κ1) is 41.2. The molecule has 0 saturated carbocycles. The van der Waals surface area contributed by atoms with Gasteiger partial charge >= 0.3 is 0 Å². The molecule has 12 aromatic rings. The zero-order chi connectivity index (χ0) is 45.9. The Morgan fingerprint density at radius 3 is 1.20 bits per heavy atom. The van der Waals surface area contributed by atoms with Gasteiger partial charge in [0.15, 0.2) is 0 Å². The molecule has 69 heavy (non-hydrogen) atoms. The minimum Gasteiger partial charge on any atom is -0.264 e. The minimum absolute atomic E-state index is 0.794. The van der Waals surface area contributed by atoms with Crippen LogP contribution in [0.3, 0.4) is 0 Å². The lowest BCUT2D eigenvalue weighted by atomic mass is 9.86. The van der Waals surface area contributed by atoms with Gasteiger partial charge < -0.3 is 0 Å². The van der Waals surface area contributed by atoms with Crippen LogP contribution < -0.4 is 0 Å². The molecule has 4 heteroatoms. The molecule has 0 amide bonds. The molecule has 0 aliphatic rings. The fourth-order valence-corrected chi connectivity index (χ4v) is 9.46. The second-order valence-corrected chi connectivity index (χ2v) is 17.3. The molecule has 10 aromatic carbocycles. The van der Waals surface area contributed by atoms with Crippen molar-refractivity contribution in [2.75, 3.05) is 0 Å². The van der Waals surface area contributed by atoms with E-state index in [2.05, 4.69) is 254 Å². The van der Waals surface area contributed by atoms with Crippen LogP contribution in [0.15, 0.2) is 267 Å². The van der Waals surface area contributed by atoms with Crippen molar-refractivity contribution in [3.05, 3.63) is 267 Å². The van der Waals surface area contributed by atoms with Gasteiger partial charge in [-0.15, -0.1) is 10.2 Å². The van der Waals surface area contributed by atoms with Crippen molar-refractivity contribution in [2.24, 2.45) is 0 Å². The summed E-state index contributed by atoms with van der Waals surface area (Å²) >= 11 is 0. The third-order valence-corrected chi connectivity index (χ3v) is 13.0. The summed E-state index contributed by atoms with van der Waals surface area (Å²) in [7, 11) is 0. The van der Waals surface area contributed by atoms with E-state index in [4.69, 9.17) is 10.2 Å². The second kappa shape index (κ2) is 18.2. The molecule has 0 atom stereocenters. The first-order valence-electron chi connectivity index (χ1n) is 23.3. The van der Waals surface area contributed by atoms with E-state index in [1.807, 2.05) is 12.3 Å². The fraction of sp³-hybridized carbons (Fsp3) is 0. The molecular formula is C65H44N4. The number of aromatic nitrogens is 4. The first-order chi connectivity index (χ1) is 34.2. The van der Waals surface area contributed by atoms with Crippen LogP contribution in [0.1, 0.15) is 0 Å². The standard InChI is InChI=1S/C65H44N4/c1-5-15-45(16-6-1)47-26-30-49(31-27-47)54-34-36-59(51-19-9-3-10-20-51)61(40-54)57-42-63(65-64(43-57)67-69(68-65)58-25-13-23-53(39-58)56-24-14-38-66-44-56)62-41-55(35-37-60(62)52-21-11-4-12-22-52)50-32-28-48(29-33-50)46-17-7-2-8-18-46/h1-44H. The van der Waals surface area contributed by atoms with Crippen molar-refractivity contribution >= 4 is 11.0 Å². The van der Waals surface area contributed by atoms with Crippen molar-refractivity contribution in [2.45, 2.75) is 0 Å². The summed E-state index contributed by atoms with van der Waals surface area (Å²) in [6.45, 7) is 0. The molecule has 0 spiro atoms. The third-order valence-electron chi connectivity index (χ3n) is 13.0. The van der Waals surface area contributed by atoms with E-state index >= 15 is 0 Å². The average molecular weight is 881 g/mol. The normalized spacial score (nSPS) is 11.2. The minimum atomic E-state index is 0.794. The van der Waals surface area contributed by atoms with Crippen LogP contribution in [0, 0.1) is 0 Å². The van der Waals surface area contributed by atoms with Gasteiger partial charge in [0.1, 0.15) is 11.0 Å². The fourth-order valence-electron chi connectivity index (χ4n) is 9.46. The Morgan fingerprint density at radius 2 is 0.667 bits per heavy atom. The van der Waals surface area contributed by atoms with Crippen LogP contribution in [0.4, 0.5) is 0 Å². The van der Waals surface area contributed by atoms with E-state index in [0.29, 0.717) is 0 Å². The number of rotatable bonds is 10. The molecule has 0 fully saturated rings. The van der Waals surface area contributed by atoms with Crippen LogP contribution in [-0.2, 0) is 0 Å². The van der Waals surface area contributed by atoms with Crippen molar-refractivity contribution in [1.29, 1.82) is 0 Å². The van der Waals surface area contributed by atoms with Crippen LogP contribution in [-0.4, -0.2) is 20.0 Å². The smallest absolute Gasteiger partial charge is 0.121 e. The predicted molar refractivity (Wildman–Crippen MR) is 286 cm³/mol. The van der Waals surface area contributed by atoms with Gasteiger partial charge in [0.2, 0.25) is 0 Å². The number of fused-ring (bicyclic) bond motifs is 1. The van der Waals surface area contributed by atoms with Gasteiger partial charge in [0.05, 0.1) is 5.69 Å². The third kappa shape index (κ3) is 8.33. The Morgan fingerprint density at radius 1 is 0.246 bits per heavy atom. The van der Waals surface area contributed by atoms with E-state index < -0.39 is 0 Å². The van der Waals surface area contributed by atoms with Crippen molar-refractivity contribution in [3.63, 3.8) is 0 Å². The van der Waals surface area contributed by atoms with E-state index in [0.717, 1.165) is 94.6 Å². The molecule has 0 unspecified atom stereocenters. The Hall–Kier alpha value is -9.25. The maximum Gasteiger partial charge on any atom is 0.121 e. The summed E-state index contributed by atoms with van der Waals surface area (Å²) in [5.41, 5.74) is 22.6. The summed E-state index contributed by atoms with van der Waals surface area (Å²) in [5, 5.41) is 10.7. The molecule has 2 heterocycles. The Bertz CT molecular complexity index is 3720. The van der Waals surface area contributed by atoms with Gasteiger partial charge in [-0.25, -0.2) is 0 Å². The molecule has 0 radical (unpaired) electrons. The molecule has 0 saturated heterocycles. The number of benzene rings is 10. The van der Waals surface area contributed by atoms with Crippen LogP contribution in [0.25, 0.3) is 117 Å². The van der Waals surface area contributed by atoms with Gasteiger partial charge in [-0.3, -0.25) is 4.98 Å². The zero-order valence-corrected chi connectivity index (χ0v) is 37.7. The van der Waals surface area contributed by atoms with Gasteiger partial charge in [-0.05, 0) is 131 Å².